The number of rotatable bonds is 5. The zero-order chi connectivity index (χ0) is 14.5. The van der Waals surface area contributed by atoms with E-state index in [1.165, 1.54) is 0 Å². The van der Waals surface area contributed by atoms with Crippen LogP contribution in [0.1, 0.15) is 31.1 Å². The van der Waals surface area contributed by atoms with Crippen molar-refractivity contribution in [1.29, 1.82) is 0 Å². The Bertz CT molecular complexity index is 434. The van der Waals surface area contributed by atoms with E-state index >= 15 is 0 Å². The molecule has 112 valence electrons. The standard InChI is InChI=1S/C16H25NO3/c1-4-17-7-8-19-14(10-17)11-20-16-9-12(2)5-6-15(16)13(3)18/h5-6,9,13-14,18H,4,7-8,10-11H2,1-3H3/t13-,14?/m0/s1. The predicted octanol–water partition coefficient (Wildman–Crippen LogP) is 2.15. The first kappa shape index (κ1) is 15.3. The molecule has 0 spiro atoms. The first-order chi connectivity index (χ1) is 9.60. The Morgan fingerprint density at radius 3 is 3.00 bits per heavy atom. The van der Waals surface area contributed by atoms with Crippen LogP contribution in [0.3, 0.4) is 0 Å². The predicted molar refractivity (Wildman–Crippen MR) is 79.2 cm³/mol. The van der Waals surface area contributed by atoms with Crippen LogP contribution in [0.5, 0.6) is 5.75 Å². The van der Waals surface area contributed by atoms with E-state index in [0.717, 1.165) is 43.1 Å². The molecule has 0 saturated carbocycles. The van der Waals surface area contributed by atoms with Crippen LogP contribution in [0.25, 0.3) is 0 Å². The number of ether oxygens (including phenoxy) is 2. The number of hydrogen-bond donors (Lipinski definition) is 1. The molecule has 0 aliphatic carbocycles. The normalized spacial score (nSPS) is 21.7. The Morgan fingerprint density at radius 2 is 2.30 bits per heavy atom. The van der Waals surface area contributed by atoms with E-state index in [1.54, 1.807) is 6.92 Å². The van der Waals surface area contributed by atoms with Crippen molar-refractivity contribution in [3.05, 3.63) is 29.3 Å². The number of benzene rings is 1. The van der Waals surface area contributed by atoms with Gasteiger partial charge in [-0.05, 0) is 32.0 Å². The average molecular weight is 279 g/mol. The Morgan fingerprint density at radius 1 is 1.50 bits per heavy atom. The van der Waals surface area contributed by atoms with Crippen LogP contribution in [-0.4, -0.2) is 49.0 Å². The smallest absolute Gasteiger partial charge is 0.125 e. The lowest BCUT2D eigenvalue weighted by atomic mass is 10.1. The van der Waals surface area contributed by atoms with E-state index in [2.05, 4.69) is 11.8 Å². The highest BCUT2D eigenvalue weighted by Gasteiger charge is 2.20. The Hall–Kier alpha value is -1.10. The topological polar surface area (TPSA) is 41.9 Å². The molecular weight excluding hydrogens is 254 g/mol. The summed E-state index contributed by atoms with van der Waals surface area (Å²) in [5, 5.41) is 9.79. The number of aryl methyl sites for hydroxylation is 1. The number of nitrogens with zero attached hydrogens (tertiary/aromatic N) is 1. The molecule has 1 heterocycles. The van der Waals surface area contributed by atoms with Crippen molar-refractivity contribution in [3.63, 3.8) is 0 Å². The van der Waals surface area contributed by atoms with E-state index in [4.69, 9.17) is 9.47 Å². The van der Waals surface area contributed by atoms with Gasteiger partial charge >= 0.3 is 0 Å². The molecule has 1 unspecified atom stereocenters. The van der Waals surface area contributed by atoms with E-state index in [9.17, 15) is 5.11 Å². The average Bonchev–Trinajstić information content (AvgIpc) is 2.45. The summed E-state index contributed by atoms with van der Waals surface area (Å²) in [5.74, 6) is 0.761. The van der Waals surface area contributed by atoms with Gasteiger partial charge in [0.2, 0.25) is 0 Å². The van der Waals surface area contributed by atoms with Crippen molar-refractivity contribution in [1.82, 2.24) is 4.90 Å². The molecule has 0 amide bonds. The zero-order valence-corrected chi connectivity index (χ0v) is 12.6. The quantitative estimate of drug-likeness (QED) is 0.897. The molecule has 1 aromatic rings. The first-order valence-corrected chi connectivity index (χ1v) is 7.35. The summed E-state index contributed by atoms with van der Waals surface area (Å²) in [7, 11) is 0. The van der Waals surface area contributed by atoms with Crippen LogP contribution in [0.2, 0.25) is 0 Å². The van der Waals surface area contributed by atoms with Crippen molar-refractivity contribution in [2.75, 3.05) is 32.8 Å². The third-order valence-corrected chi connectivity index (χ3v) is 3.71. The highest BCUT2D eigenvalue weighted by atomic mass is 16.5. The highest BCUT2D eigenvalue weighted by Crippen LogP contribution is 2.26. The van der Waals surface area contributed by atoms with Gasteiger partial charge < -0.3 is 14.6 Å². The number of likely N-dealkylation sites (N-methyl/N-ethyl adjacent to an activating group) is 1. The van der Waals surface area contributed by atoms with Crippen LogP contribution in [0.15, 0.2) is 18.2 Å². The molecule has 20 heavy (non-hydrogen) atoms. The second-order valence-corrected chi connectivity index (χ2v) is 5.41. The van der Waals surface area contributed by atoms with Gasteiger partial charge in [0, 0.05) is 18.7 Å². The molecule has 1 saturated heterocycles. The van der Waals surface area contributed by atoms with E-state index in [1.807, 2.05) is 25.1 Å². The maximum Gasteiger partial charge on any atom is 0.125 e. The summed E-state index contributed by atoms with van der Waals surface area (Å²) in [6.07, 6.45) is -0.420. The van der Waals surface area contributed by atoms with Crippen LogP contribution < -0.4 is 4.74 Å². The van der Waals surface area contributed by atoms with Crippen LogP contribution in [-0.2, 0) is 4.74 Å². The van der Waals surface area contributed by atoms with Crippen molar-refractivity contribution in [2.24, 2.45) is 0 Å². The summed E-state index contributed by atoms with van der Waals surface area (Å²) in [4.78, 5) is 2.36. The number of hydrogen-bond acceptors (Lipinski definition) is 4. The summed E-state index contributed by atoms with van der Waals surface area (Å²) in [6, 6.07) is 5.89. The molecule has 0 bridgehead atoms. The van der Waals surface area contributed by atoms with Gasteiger partial charge in [0.25, 0.3) is 0 Å². The molecule has 2 atom stereocenters. The van der Waals surface area contributed by atoms with Gasteiger partial charge in [0.15, 0.2) is 0 Å². The van der Waals surface area contributed by atoms with E-state index < -0.39 is 6.10 Å². The minimum Gasteiger partial charge on any atom is -0.490 e. The minimum atomic E-state index is -0.523. The van der Waals surface area contributed by atoms with Crippen molar-refractivity contribution < 1.29 is 14.6 Å². The Labute approximate surface area is 121 Å². The van der Waals surface area contributed by atoms with Gasteiger partial charge in [0.1, 0.15) is 18.5 Å². The first-order valence-electron chi connectivity index (χ1n) is 7.35. The molecule has 1 fully saturated rings. The van der Waals surface area contributed by atoms with Gasteiger partial charge in [-0.2, -0.15) is 0 Å². The third kappa shape index (κ3) is 3.95. The summed E-state index contributed by atoms with van der Waals surface area (Å²) in [5.41, 5.74) is 1.96. The largest absolute Gasteiger partial charge is 0.490 e. The summed E-state index contributed by atoms with van der Waals surface area (Å²) < 4.78 is 11.6. The number of aliphatic hydroxyl groups excluding tert-OH is 1. The maximum atomic E-state index is 9.79. The lowest BCUT2D eigenvalue weighted by Gasteiger charge is -2.32. The molecule has 2 rings (SSSR count). The van der Waals surface area contributed by atoms with Gasteiger partial charge in [0.05, 0.1) is 12.7 Å². The number of aliphatic hydroxyl groups is 1. The monoisotopic (exact) mass is 279 g/mol. The van der Waals surface area contributed by atoms with Crippen LogP contribution >= 0.6 is 0 Å². The molecule has 1 aromatic carbocycles. The third-order valence-electron chi connectivity index (χ3n) is 3.71. The molecule has 0 aromatic heterocycles. The second kappa shape index (κ2) is 7.07. The molecule has 1 aliphatic heterocycles. The van der Waals surface area contributed by atoms with Crippen molar-refractivity contribution >= 4 is 0 Å². The fraction of sp³-hybridized carbons (Fsp3) is 0.625. The molecule has 1 N–H and O–H groups in total. The molecular formula is C16H25NO3. The highest BCUT2D eigenvalue weighted by molar-refractivity contribution is 5.38. The summed E-state index contributed by atoms with van der Waals surface area (Å²) >= 11 is 0. The zero-order valence-electron chi connectivity index (χ0n) is 12.6. The van der Waals surface area contributed by atoms with E-state index in [-0.39, 0.29) is 6.10 Å². The lowest BCUT2D eigenvalue weighted by Crippen LogP contribution is -2.44. The number of morpholine rings is 1. The SMILES string of the molecule is CCN1CCOC(COc2cc(C)ccc2[C@H](C)O)C1. The second-order valence-electron chi connectivity index (χ2n) is 5.41. The minimum absolute atomic E-state index is 0.103. The molecule has 0 radical (unpaired) electrons. The Kier molecular flexibility index (Phi) is 5.40. The van der Waals surface area contributed by atoms with Crippen molar-refractivity contribution in [3.8, 4) is 5.75 Å². The maximum absolute atomic E-state index is 9.79. The molecule has 4 heteroatoms. The fourth-order valence-electron chi connectivity index (χ4n) is 2.46. The summed E-state index contributed by atoms with van der Waals surface area (Å²) in [6.45, 7) is 10.2. The fourth-order valence-corrected chi connectivity index (χ4v) is 2.46. The van der Waals surface area contributed by atoms with Gasteiger partial charge in [-0.3, -0.25) is 4.90 Å². The van der Waals surface area contributed by atoms with Gasteiger partial charge in [-0.15, -0.1) is 0 Å². The van der Waals surface area contributed by atoms with Crippen LogP contribution in [0, 0.1) is 6.92 Å². The van der Waals surface area contributed by atoms with Gasteiger partial charge in [-0.25, -0.2) is 0 Å². The molecule has 1 aliphatic rings. The Balaban J connectivity index is 1.98. The van der Waals surface area contributed by atoms with Crippen molar-refractivity contribution in [2.45, 2.75) is 33.0 Å². The van der Waals surface area contributed by atoms with E-state index in [0.29, 0.717) is 6.61 Å². The van der Waals surface area contributed by atoms with Gasteiger partial charge in [-0.1, -0.05) is 19.1 Å². The van der Waals surface area contributed by atoms with Crippen LogP contribution in [0.4, 0.5) is 0 Å². The molecule has 4 nitrogen and oxygen atoms in total. The lowest BCUT2D eigenvalue weighted by molar-refractivity contribution is -0.0467.